The summed E-state index contributed by atoms with van der Waals surface area (Å²) in [5, 5.41) is 0. The van der Waals surface area contributed by atoms with Gasteiger partial charge in [0.1, 0.15) is 23.3 Å². The third-order valence-corrected chi connectivity index (χ3v) is 3.82. The van der Waals surface area contributed by atoms with Crippen molar-refractivity contribution >= 4 is 11.8 Å². The van der Waals surface area contributed by atoms with Crippen molar-refractivity contribution in [2.45, 2.75) is 59.8 Å². The van der Waals surface area contributed by atoms with Crippen LogP contribution in [0.1, 0.15) is 64.0 Å². The number of esters is 1. The number of halogens is 2. The lowest BCUT2D eigenvalue weighted by molar-refractivity contribution is -0.150. The lowest BCUT2D eigenvalue weighted by atomic mass is 9.77. The number of benzene rings is 1. The average molecular weight is 342 g/mol. The smallest absolute Gasteiger partial charge is 0.316 e. The molecular formula is C19H28F2O3. The second kappa shape index (κ2) is 10.9. The van der Waals surface area contributed by atoms with Gasteiger partial charge in [-0.05, 0) is 48.9 Å². The summed E-state index contributed by atoms with van der Waals surface area (Å²) < 4.78 is 32.1. The first kappa shape index (κ1) is 22.2. The highest BCUT2D eigenvalue weighted by molar-refractivity contribution is 5.99. The van der Waals surface area contributed by atoms with Crippen molar-refractivity contribution in [3.8, 4) is 0 Å². The molecular weight excluding hydrogens is 314 g/mol. The molecule has 136 valence electrons. The minimum absolute atomic E-state index is 0.172. The van der Waals surface area contributed by atoms with Gasteiger partial charge in [0.05, 0.1) is 7.11 Å². The minimum atomic E-state index is -0.873. The van der Waals surface area contributed by atoms with Gasteiger partial charge < -0.3 is 4.74 Å². The van der Waals surface area contributed by atoms with Crippen molar-refractivity contribution in [2.24, 2.45) is 5.92 Å². The Morgan fingerprint density at radius 3 is 2.29 bits per heavy atom. The van der Waals surface area contributed by atoms with Crippen LogP contribution in [0.15, 0.2) is 12.1 Å². The topological polar surface area (TPSA) is 43.4 Å². The maximum atomic E-state index is 14.1. The Bertz CT molecular complexity index is 548. The predicted molar refractivity (Wildman–Crippen MR) is 90.9 cm³/mol. The van der Waals surface area contributed by atoms with Crippen LogP contribution >= 0.6 is 0 Å². The minimum Gasteiger partial charge on any atom is -0.468 e. The Hall–Kier alpha value is -1.78. The van der Waals surface area contributed by atoms with E-state index in [0.717, 1.165) is 12.1 Å². The van der Waals surface area contributed by atoms with Gasteiger partial charge in [-0.2, -0.15) is 0 Å². The van der Waals surface area contributed by atoms with Gasteiger partial charge in [0.2, 0.25) is 0 Å². The highest BCUT2D eigenvalue weighted by Crippen LogP contribution is 2.37. The molecule has 24 heavy (non-hydrogen) atoms. The zero-order chi connectivity index (χ0) is 18.9. The number of aryl methyl sites for hydroxylation is 1. The third kappa shape index (κ3) is 5.39. The van der Waals surface area contributed by atoms with Crippen molar-refractivity contribution in [1.82, 2.24) is 0 Å². The van der Waals surface area contributed by atoms with Crippen LogP contribution in [-0.4, -0.2) is 18.9 Å². The molecule has 0 aliphatic heterocycles. The van der Waals surface area contributed by atoms with E-state index < -0.39 is 23.5 Å². The number of hydrogen-bond donors (Lipinski definition) is 0. The van der Waals surface area contributed by atoms with Gasteiger partial charge in [0, 0.05) is 6.42 Å². The summed E-state index contributed by atoms with van der Waals surface area (Å²) in [6.07, 6.45) is 0.775. The average Bonchev–Trinajstić information content (AvgIpc) is 2.61. The van der Waals surface area contributed by atoms with Gasteiger partial charge in [0.25, 0.3) is 0 Å². The van der Waals surface area contributed by atoms with Crippen LogP contribution in [0.3, 0.4) is 0 Å². The summed E-state index contributed by atoms with van der Waals surface area (Å²) in [6, 6.07) is 2.28. The summed E-state index contributed by atoms with van der Waals surface area (Å²) in [7, 11) is 1.21. The Morgan fingerprint density at radius 2 is 1.75 bits per heavy atom. The molecule has 5 heteroatoms. The molecule has 1 fully saturated rings. The molecule has 2 atom stereocenters. The molecule has 0 heterocycles. The number of Topliss-reactive ketones (excluding diaryl/α,β-unsaturated/α-hetero) is 1. The monoisotopic (exact) mass is 342 g/mol. The molecule has 1 aromatic carbocycles. The molecule has 1 aromatic rings. The van der Waals surface area contributed by atoms with Gasteiger partial charge in [-0.15, -0.1) is 0 Å². The molecule has 0 amide bonds. The largest absolute Gasteiger partial charge is 0.468 e. The van der Waals surface area contributed by atoms with Crippen LogP contribution in [0.25, 0.3) is 0 Å². The van der Waals surface area contributed by atoms with Crippen LogP contribution in [0.4, 0.5) is 8.78 Å². The summed E-state index contributed by atoms with van der Waals surface area (Å²) in [5.41, 5.74) is 0.468. The highest BCUT2D eigenvalue weighted by atomic mass is 19.1. The number of hydrogen-bond acceptors (Lipinski definition) is 3. The zero-order valence-electron chi connectivity index (χ0n) is 15.4. The van der Waals surface area contributed by atoms with E-state index in [0.29, 0.717) is 6.42 Å². The van der Waals surface area contributed by atoms with E-state index in [1.54, 1.807) is 0 Å². The zero-order valence-corrected chi connectivity index (χ0v) is 15.4. The second-order valence-corrected chi connectivity index (χ2v) is 5.14. The second-order valence-electron chi connectivity index (χ2n) is 5.14. The molecule has 2 unspecified atom stereocenters. The molecule has 1 aliphatic rings. The highest BCUT2D eigenvalue weighted by Gasteiger charge is 2.36. The van der Waals surface area contributed by atoms with Gasteiger partial charge in [-0.25, -0.2) is 8.78 Å². The van der Waals surface area contributed by atoms with Crippen molar-refractivity contribution in [3.05, 3.63) is 34.9 Å². The van der Waals surface area contributed by atoms with Crippen molar-refractivity contribution in [1.29, 1.82) is 0 Å². The molecule has 1 aliphatic carbocycles. The molecule has 0 saturated heterocycles. The van der Waals surface area contributed by atoms with E-state index in [-0.39, 0.29) is 35.7 Å². The van der Waals surface area contributed by atoms with Crippen LogP contribution in [0.2, 0.25) is 0 Å². The van der Waals surface area contributed by atoms with Crippen LogP contribution in [0.5, 0.6) is 0 Å². The van der Waals surface area contributed by atoms with Crippen LogP contribution < -0.4 is 0 Å². The third-order valence-electron chi connectivity index (χ3n) is 3.82. The summed E-state index contributed by atoms with van der Waals surface area (Å²) in [5.74, 6) is -2.98. The van der Waals surface area contributed by atoms with Crippen molar-refractivity contribution < 1.29 is 23.1 Å². The quantitative estimate of drug-likeness (QED) is 0.564. The van der Waals surface area contributed by atoms with Crippen molar-refractivity contribution in [3.63, 3.8) is 0 Å². The number of methoxy groups -OCH3 is 1. The maximum Gasteiger partial charge on any atom is 0.316 e. The molecule has 3 nitrogen and oxygen atoms in total. The number of rotatable bonds is 2. The predicted octanol–water partition coefficient (Wildman–Crippen LogP) is 4.95. The summed E-state index contributed by atoms with van der Waals surface area (Å²) in [6.45, 7) is 9.49. The Balaban J connectivity index is 0.00000123. The maximum absolute atomic E-state index is 14.1. The molecule has 0 aromatic heterocycles. The number of carbonyl (C=O) groups excluding carboxylic acids is 2. The van der Waals surface area contributed by atoms with Gasteiger partial charge in [-0.3, -0.25) is 9.59 Å². The lowest BCUT2D eigenvalue weighted by Gasteiger charge is -2.27. The fourth-order valence-corrected chi connectivity index (χ4v) is 2.73. The van der Waals surface area contributed by atoms with Crippen LogP contribution in [0, 0.1) is 24.5 Å². The Kier molecular flexibility index (Phi) is 10.1. The van der Waals surface area contributed by atoms with E-state index in [1.807, 2.05) is 27.7 Å². The first-order valence-corrected chi connectivity index (χ1v) is 8.50. The van der Waals surface area contributed by atoms with E-state index in [2.05, 4.69) is 4.74 Å². The SMILES string of the molecule is CC.CC.COC(=O)C1CC(c2cc(F)cc(C)c2F)CCC1=O. The fraction of sp³-hybridized carbons (Fsp3) is 0.579. The van der Waals surface area contributed by atoms with E-state index in [9.17, 15) is 18.4 Å². The standard InChI is InChI=1S/C15H16F2O3.2C2H6/c1-8-5-10(16)7-11(14(8)17)9-3-4-13(18)12(6-9)15(19)20-2;2*1-2/h5,7,9,12H,3-4,6H2,1-2H3;2*1-2H3. The lowest BCUT2D eigenvalue weighted by Crippen LogP contribution is -2.31. The molecule has 0 spiro atoms. The van der Waals surface area contributed by atoms with E-state index in [1.165, 1.54) is 14.0 Å². The van der Waals surface area contributed by atoms with Crippen molar-refractivity contribution in [2.75, 3.05) is 7.11 Å². The Morgan fingerprint density at radius 1 is 1.17 bits per heavy atom. The Labute approximate surface area is 143 Å². The molecule has 2 rings (SSSR count). The number of carbonyl (C=O) groups is 2. The summed E-state index contributed by atoms with van der Waals surface area (Å²) in [4.78, 5) is 23.3. The fourth-order valence-electron chi connectivity index (χ4n) is 2.73. The summed E-state index contributed by atoms with van der Waals surface area (Å²) >= 11 is 0. The van der Waals surface area contributed by atoms with E-state index >= 15 is 0 Å². The van der Waals surface area contributed by atoms with Gasteiger partial charge >= 0.3 is 5.97 Å². The normalized spacial score (nSPS) is 19.4. The van der Waals surface area contributed by atoms with Gasteiger partial charge in [0.15, 0.2) is 0 Å². The molecule has 0 bridgehead atoms. The number of ether oxygens (including phenoxy) is 1. The van der Waals surface area contributed by atoms with E-state index in [4.69, 9.17) is 0 Å². The first-order valence-electron chi connectivity index (χ1n) is 8.50. The first-order chi connectivity index (χ1) is 11.4. The number of ketones is 1. The molecule has 1 saturated carbocycles. The molecule has 0 radical (unpaired) electrons. The molecule has 0 N–H and O–H groups in total. The van der Waals surface area contributed by atoms with Gasteiger partial charge in [-0.1, -0.05) is 27.7 Å². The van der Waals surface area contributed by atoms with Crippen LogP contribution in [-0.2, 0) is 14.3 Å².